The number of aryl methyl sites for hydroxylation is 1. The minimum absolute atomic E-state index is 0.0960. The summed E-state index contributed by atoms with van der Waals surface area (Å²) in [5.41, 5.74) is 12.0. The predicted octanol–water partition coefficient (Wildman–Crippen LogP) is 10.6. The van der Waals surface area contributed by atoms with Gasteiger partial charge in [0.25, 0.3) is 0 Å². The minimum Gasteiger partial charge on any atom is -0.278 e. The largest absolute Gasteiger partial charge is 0.278 e. The zero-order valence-corrected chi connectivity index (χ0v) is 28.1. The van der Waals surface area contributed by atoms with E-state index in [0.717, 1.165) is 29.3 Å². The fraction of sp³-hybridized carbons (Fsp3) is 0.256. The number of rotatable bonds is 7. The van der Waals surface area contributed by atoms with Crippen molar-refractivity contribution >= 4 is 0 Å². The molecule has 1 aliphatic rings. The van der Waals surface area contributed by atoms with Crippen LogP contribution in [0.1, 0.15) is 87.2 Å². The van der Waals surface area contributed by atoms with Gasteiger partial charge in [-0.1, -0.05) is 144 Å². The SMILES string of the molecule is CCC(C)(C)c1nnc(-c2ccccc2)n1-c1cc2c(cc1C)-c1ccccc1C2(C)c1ccc(C(C)(C)c2ccccc2)cc1. The summed E-state index contributed by atoms with van der Waals surface area (Å²) in [4.78, 5) is 0. The molecular weight excluding hydrogens is 558 g/mol. The van der Waals surface area contributed by atoms with E-state index in [-0.39, 0.29) is 16.2 Å². The van der Waals surface area contributed by atoms with Crippen molar-refractivity contribution < 1.29 is 0 Å². The van der Waals surface area contributed by atoms with E-state index in [4.69, 9.17) is 10.2 Å². The van der Waals surface area contributed by atoms with Crippen molar-refractivity contribution in [2.75, 3.05) is 0 Å². The summed E-state index contributed by atoms with van der Waals surface area (Å²) in [6.07, 6.45) is 0.957. The average Bonchev–Trinajstić information content (AvgIpc) is 3.64. The molecule has 1 aliphatic carbocycles. The van der Waals surface area contributed by atoms with Crippen molar-refractivity contribution in [2.24, 2.45) is 0 Å². The zero-order valence-electron chi connectivity index (χ0n) is 28.1. The van der Waals surface area contributed by atoms with Crippen LogP contribution in [0.25, 0.3) is 28.2 Å². The van der Waals surface area contributed by atoms with E-state index in [1.807, 2.05) is 0 Å². The first-order valence-electron chi connectivity index (χ1n) is 16.5. The van der Waals surface area contributed by atoms with Gasteiger partial charge in [-0.15, -0.1) is 10.2 Å². The number of benzene rings is 5. The molecule has 0 aliphatic heterocycles. The second-order valence-corrected chi connectivity index (χ2v) is 14.2. The van der Waals surface area contributed by atoms with Crippen LogP contribution < -0.4 is 0 Å². The summed E-state index contributed by atoms with van der Waals surface area (Å²) in [5, 5.41) is 9.67. The van der Waals surface area contributed by atoms with Gasteiger partial charge in [0.2, 0.25) is 0 Å². The molecule has 0 saturated carbocycles. The second kappa shape index (κ2) is 10.9. The lowest BCUT2D eigenvalue weighted by atomic mass is 9.72. The van der Waals surface area contributed by atoms with Crippen molar-refractivity contribution in [3.8, 4) is 28.2 Å². The highest BCUT2D eigenvalue weighted by atomic mass is 15.3. The Morgan fingerprint density at radius 2 is 1.26 bits per heavy atom. The number of hydrogen-bond donors (Lipinski definition) is 0. The Kier molecular flexibility index (Phi) is 7.12. The lowest BCUT2D eigenvalue weighted by Crippen LogP contribution is -2.25. The van der Waals surface area contributed by atoms with Crippen LogP contribution >= 0.6 is 0 Å². The highest BCUT2D eigenvalue weighted by molar-refractivity contribution is 5.85. The maximum Gasteiger partial charge on any atom is 0.168 e. The van der Waals surface area contributed by atoms with Gasteiger partial charge in [-0.25, -0.2) is 0 Å². The molecule has 230 valence electrons. The highest BCUT2D eigenvalue weighted by Gasteiger charge is 2.42. The Morgan fingerprint density at radius 1 is 0.652 bits per heavy atom. The predicted molar refractivity (Wildman–Crippen MR) is 191 cm³/mol. The molecule has 0 spiro atoms. The molecule has 0 radical (unpaired) electrons. The molecule has 0 fully saturated rings. The summed E-state index contributed by atoms with van der Waals surface area (Å²) in [6.45, 7) is 16.0. The maximum atomic E-state index is 4.85. The van der Waals surface area contributed by atoms with Crippen LogP contribution in [0.2, 0.25) is 0 Å². The zero-order chi connectivity index (χ0) is 32.3. The van der Waals surface area contributed by atoms with Crippen LogP contribution in [0.3, 0.4) is 0 Å². The molecule has 0 bridgehead atoms. The van der Waals surface area contributed by atoms with Crippen molar-refractivity contribution in [3.63, 3.8) is 0 Å². The standard InChI is InChI=1S/C43H43N3/c1-8-41(3,4)40-45-44-39(30-17-11-9-12-18-30)46(40)38-28-37-35(27-29(38)2)34-21-15-16-22-36(34)43(37,7)33-25-23-32(24-26-33)42(5,6)31-19-13-10-14-20-31/h9-28H,8H2,1-7H3. The third-order valence-corrected chi connectivity index (χ3v) is 10.7. The monoisotopic (exact) mass is 601 g/mol. The molecule has 0 amide bonds. The van der Waals surface area contributed by atoms with E-state index in [1.54, 1.807) is 0 Å². The first-order valence-corrected chi connectivity index (χ1v) is 16.5. The quantitative estimate of drug-likeness (QED) is 0.182. The molecule has 1 unspecified atom stereocenters. The Bertz CT molecular complexity index is 2030. The molecule has 5 aromatic carbocycles. The maximum absolute atomic E-state index is 4.85. The van der Waals surface area contributed by atoms with E-state index in [9.17, 15) is 0 Å². The minimum atomic E-state index is -0.328. The van der Waals surface area contributed by atoms with E-state index >= 15 is 0 Å². The molecule has 0 N–H and O–H groups in total. The lowest BCUT2D eigenvalue weighted by molar-refractivity contribution is 0.464. The van der Waals surface area contributed by atoms with Gasteiger partial charge in [0.1, 0.15) is 5.82 Å². The van der Waals surface area contributed by atoms with Crippen molar-refractivity contribution in [2.45, 2.75) is 71.1 Å². The molecular formula is C43H43N3. The van der Waals surface area contributed by atoms with Gasteiger partial charge in [0.15, 0.2) is 5.82 Å². The van der Waals surface area contributed by atoms with Gasteiger partial charge in [-0.05, 0) is 76.9 Å². The van der Waals surface area contributed by atoms with Crippen LogP contribution in [0.15, 0.2) is 121 Å². The van der Waals surface area contributed by atoms with Gasteiger partial charge >= 0.3 is 0 Å². The molecule has 1 atom stereocenters. The van der Waals surface area contributed by atoms with Gasteiger partial charge in [-0.3, -0.25) is 4.57 Å². The van der Waals surface area contributed by atoms with Crippen molar-refractivity contribution in [3.05, 3.63) is 161 Å². The third-order valence-electron chi connectivity index (χ3n) is 10.7. The molecule has 3 nitrogen and oxygen atoms in total. The summed E-state index contributed by atoms with van der Waals surface area (Å²) < 4.78 is 2.32. The Labute approximate surface area is 274 Å². The van der Waals surface area contributed by atoms with Gasteiger partial charge in [0.05, 0.1) is 5.69 Å². The van der Waals surface area contributed by atoms with Gasteiger partial charge in [0, 0.05) is 21.8 Å². The third kappa shape index (κ3) is 4.55. The van der Waals surface area contributed by atoms with Crippen LogP contribution in [0.4, 0.5) is 0 Å². The van der Waals surface area contributed by atoms with Gasteiger partial charge < -0.3 is 0 Å². The normalized spacial score (nSPS) is 15.9. The summed E-state index contributed by atoms with van der Waals surface area (Å²) >= 11 is 0. The Morgan fingerprint density at radius 3 is 1.93 bits per heavy atom. The van der Waals surface area contributed by atoms with Crippen molar-refractivity contribution in [1.29, 1.82) is 0 Å². The molecule has 3 heteroatoms. The number of nitrogens with zero attached hydrogens (tertiary/aromatic N) is 3. The topological polar surface area (TPSA) is 30.7 Å². The molecule has 6 aromatic rings. The van der Waals surface area contributed by atoms with Crippen LogP contribution in [0, 0.1) is 6.92 Å². The Balaban J connectivity index is 1.43. The van der Waals surface area contributed by atoms with Crippen molar-refractivity contribution in [1.82, 2.24) is 14.8 Å². The number of fused-ring (bicyclic) bond motifs is 3. The molecule has 7 rings (SSSR count). The van der Waals surface area contributed by atoms with E-state index in [1.165, 1.54) is 44.5 Å². The van der Waals surface area contributed by atoms with Crippen LogP contribution in [0.5, 0.6) is 0 Å². The van der Waals surface area contributed by atoms with Crippen LogP contribution in [-0.2, 0) is 16.2 Å². The second-order valence-electron chi connectivity index (χ2n) is 14.2. The Hall–Kier alpha value is -4.76. The summed E-state index contributed by atoms with van der Waals surface area (Å²) in [7, 11) is 0. The van der Waals surface area contributed by atoms with Gasteiger partial charge in [-0.2, -0.15) is 0 Å². The molecule has 46 heavy (non-hydrogen) atoms. The molecule has 1 heterocycles. The van der Waals surface area contributed by atoms with Crippen LogP contribution in [-0.4, -0.2) is 14.8 Å². The average molecular weight is 602 g/mol. The first-order chi connectivity index (χ1) is 22.1. The van der Waals surface area contributed by atoms with E-state index < -0.39 is 0 Å². The number of aromatic nitrogens is 3. The number of hydrogen-bond acceptors (Lipinski definition) is 2. The van der Waals surface area contributed by atoms with E-state index in [0.29, 0.717) is 0 Å². The highest BCUT2D eigenvalue weighted by Crippen LogP contribution is 2.53. The molecule has 1 aromatic heterocycles. The fourth-order valence-electron chi connectivity index (χ4n) is 7.31. The first kappa shape index (κ1) is 29.9. The molecule has 0 saturated heterocycles. The summed E-state index contributed by atoms with van der Waals surface area (Å²) in [6, 6.07) is 44.4. The lowest BCUT2D eigenvalue weighted by Gasteiger charge is -2.31. The smallest absolute Gasteiger partial charge is 0.168 e. The summed E-state index contributed by atoms with van der Waals surface area (Å²) in [5.74, 6) is 1.87. The van der Waals surface area contributed by atoms with E-state index in [2.05, 4.69) is 174 Å². The fourth-order valence-corrected chi connectivity index (χ4v) is 7.31.